The molecular weight excluding hydrogens is 282 g/mol. The SMILES string of the molecule is Cn1c(=O)c2c(ncn2CCNc2ccccc2)n(C)c1=O. The third kappa shape index (κ3) is 2.30. The summed E-state index contributed by atoms with van der Waals surface area (Å²) in [6.45, 7) is 1.24. The molecule has 0 spiro atoms. The van der Waals surface area contributed by atoms with Gasteiger partial charge in [-0.15, -0.1) is 0 Å². The van der Waals surface area contributed by atoms with Crippen LogP contribution in [0.2, 0.25) is 0 Å². The summed E-state index contributed by atoms with van der Waals surface area (Å²) in [6, 6.07) is 9.84. The number of imidazole rings is 1. The van der Waals surface area contributed by atoms with Gasteiger partial charge in [-0.05, 0) is 12.1 Å². The van der Waals surface area contributed by atoms with Gasteiger partial charge in [0.1, 0.15) is 0 Å². The normalized spacial score (nSPS) is 11.0. The first-order chi connectivity index (χ1) is 10.6. The number of fused-ring (bicyclic) bond motifs is 1. The van der Waals surface area contributed by atoms with E-state index < -0.39 is 0 Å². The predicted octanol–water partition coefficient (Wildman–Crippen LogP) is 0.546. The van der Waals surface area contributed by atoms with Crippen molar-refractivity contribution in [3.8, 4) is 0 Å². The first-order valence-electron chi connectivity index (χ1n) is 6.99. The maximum atomic E-state index is 12.3. The van der Waals surface area contributed by atoms with Crippen molar-refractivity contribution in [2.24, 2.45) is 14.1 Å². The van der Waals surface area contributed by atoms with Crippen molar-refractivity contribution in [1.82, 2.24) is 18.7 Å². The predicted molar refractivity (Wildman–Crippen MR) is 85.1 cm³/mol. The molecule has 0 bridgehead atoms. The molecule has 0 saturated carbocycles. The fourth-order valence-electron chi connectivity index (χ4n) is 2.44. The Morgan fingerprint density at radius 2 is 1.82 bits per heavy atom. The van der Waals surface area contributed by atoms with Crippen LogP contribution in [0.4, 0.5) is 5.69 Å². The summed E-state index contributed by atoms with van der Waals surface area (Å²) in [7, 11) is 3.09. The number of nitrogens with zero attached hydrogens (tertiary/aromatic N) is 4. The Balaban J connectivity index is 1.89. The molecule has 2 heterocycles. The number of rotatable bonds is 4. The van der Waals surface area contributed by atoms with Gasteiger partial charge in [-0.1, -0.05) is 18.2 Å². The monoisotopic (exact) mass is 299 g/mol. The van der Waals surface area contributed by atoms with E-state index in [2.05, 4.69) is 10.3 Å². The maximum Gasteiger partial charge on any atom is 0.332 e. The van der Waals surface area contributed by atoms with Crippen molar-refractivity contribution in [3.05, 3.63) is 57.5 Å². The molecule has 0 saturated heterocycles. The Hall–Kier alpha value is -2.83. The third-order valence-corrected chi connectivity index (χ3v) is 3.67. The molecule has 0 atom stereocenters. The van der Waals surface area contributed by atoms with Crippen LogP contribution in [0, 0.1) is 0 Å². The van der Waals surface area contributed by atoms with E-state index in [1.807, 2.05) is 30.3 Å². The van der Waals surface area contributed by atoms with Gasteiger partial charge in [-0.2, -0.15) is 0 Å². The van der Waals surface area contributed by atoms with Gasteiger partial charge in [0.15, 0.2) is 11.2 Å². The zero-order valence-corrected chi connectivity index (χ0v) is 12.5. The second-order valence-corrected chi connectivity index (χ2v) is 5.11. The minimum Gasteiger partial charge on any atom is -0.383 e. The van der Waals surface area contributed by atoms with E-state index in [0.717, 1.165) is 10.3 Å². The van der Waals surface area contributed by atoms with Gasteiger partial charge in [0.05, 0.1) is 6.33 Å². The lowest BCUT2D eigenvalue weighted by Gasteiger charge is -2.08. The van der Waals surface area contributed by atoms with Crippen molar-refractivity contribution in [3.63, 3.8) is 0 Å². The molecule has 0 fully saturated rings. The number of hydrogen-bond acceptors (Lipinski definition) is 4. The van der Waals surface area contributed by atoms with Crippen LogP contribution in [-0.4, -0.2) is 25.2 Å². The average Bonchev–Trinajstić information content (AvgIpc) is 2.96. The fraction of sp³-hybridized carbons (Fsp3) is 0.267. The third-order valence-electron chi connectivity index (χ3n) is 3.67. The Morgan fingerprint density at radius 3 is 2.55 bits per heavy atom. The van der Waals surface area contributed by atoms with Crippen LogP contribution in [0.25, 0.3) is 11.2 Å². The van der Waals surface area contributed by atoms with Crippen molar-refractivity contribution in [1.29, 1.82) is 0 Å². The fourth-order valence-corrected chi connectivity index (χ4v) is 2.44. The first kappa shape index (κ1) is 14.1. The molecule has 1 N–H and O–H groups in total. The standard InChI is InChI=1S/C15H17N5O2/c1-18-13-12(14(21)19(2)15(18)22)20(10-17-13)9-8-16-11-6-4-3-5-7-11/h3-7,10,16H,8-9H2,1-2H3. The van der Waals surface area contributed by atoms with E-state index in [1.165, 1.54) is 11.6 Å². The highest BCUT2D eigenvalue weighted by atomic mass is 16.2. The molecule has 7 nitrogen and oxygen atoms in total. The van der Waals surface area contributed by atoms with Gasteiger partial charge in [0.2, 0.25) is 0 Å². The highest BCUT2D eigenvalue weighted by Gasteiger charge is 2.13. The quantitative estimate of drug-likeness (QED) is 0.763. The van der Waals surface area contributed by atoms with E-state index >= 15 is 0 Å². The molecule has 2 aromatic heterocycles. The summed E-state index contributed by atoms with van der Waals surface area (Å²) >= 11 is 0. The number of benzene rings is 1. The zero-order valence-electron chi connectivity index (χ0n) is 12.5. The average molecular weight is 299 g/mol. The molecule has 0 unspecified atom stereocenters. The van der Waals surface area contributed by atoms with E-state index in [1.54, 1.807) is 17.9 Å². The molecule has 1 aromatic carbocycles. The van der Waals surface area contributed by atoms with E-state index in [0.29, 0.717) is 24.3 Å². The minimum absolute atomic E-state index is 0.324. The molecule has 7 heteroatoms. The lowest BCUT2D eigenvalue weighted by atomic mass is 10.3. The maximum absolute atomic E-state index is 12.3. The zero-order chi connectivity index (χ0) is 15.7. The molecule has 22 heavy (non-hydrogen) atoms. The van der Waals surface area contributed by atoms with Gasteiger partial charge in [-0.25, -0.2) is 9.78 Å². The molecule has 3 aromatic rings. The molecular formula is C15H17N5O2. The van der Waals surface area contributed by atoms with Gasteiger partial charge < -0.3 is 9.88 Å². The second kappa shape index (κ2) is 5.51. The van der Waals surface area contributed by atoms with Gasteiger partial charge in [0.25, 0.3) is 5.56 Å². The summed E-state index contributed by atoms with van der Waals surface area (Å²) < 4.78 is 4.26. The molecule has 3 rings (SSSR count). The lowest BCUT2D eigenvalue weighted by molar-refractivity contribution is 0.695. The highest BCUT2D eigenvalue weighted by molar-refractivity contribution is 5.69. The van der Waals surface area contributed by atoms with Crippen molar-refractivity contribution in [2.75, 3.05) is 11.9 Å². The topological polar surface area (TPSA) is 73.8 Å². The van der Waals surface area contributed by atoms with E-state index in [-0.39, 0.29) is 11.2 Å². The minimum atomic E-state index is -0.370. The van der Waals surface area contributed by atoms with Gasteiger partial charge in [-0.3, -0.25) is 13.9 Å². The second-order valence-electron chi connectivity index (χ2n) is 5.11. The van der Waals surface area contributed by atoms with Crippen molar-refractivity contribution < 1.29 is 0 Å². The number of para-hydroxylation sites is 1. The summed E-state index contributed by atoms with van der Waals surface area (Å²) in [5, 5.41) is 3.28. The molecule has 114 valence electrons. The van der Waals surface area contributed by atoms with Crippen LogP contribution < -0.4 is 16.6 Å². The van der Waals surface area contributed by atoms with E-state index in [9.17, 15) is 9.59 Å². The first-order valence-corrected chi connectivity index (χ1v) is 6.99. The van der Waals surface area contributed by atoms with Crippen LogP contribution in [-0.2, 0) is 20.6 Å². The Bertz CT molecular complexity index is 921. The van der Waals surface area contributed by atoms with Crippen molar-refractivity contribution >= 4 is 16.9 Å². The summed E-state index contributed by atoms with van der Waals surface area (Å²) in [6.07, 6.45) is 1.60. The Labute approximate surface area is 126 Å². The highest BCUT2D eigenvalue weighted by Crippen LogP contribution is 2.07. The van der Waals surface area contributed by atoms with Crippen LogP contribution in [0.15, 0.2) is 46.2 Å². The van der Waals surface area contributed by atoms with Crippen molar-refractivity contribution in [2.45, 2.75) is 6.54 Å². The van der Waals surface area contributed by atoms with Crippen LogP contribution >= 0.6 is 0 Å². The molecule has 0 amide bonds. The number of nitrogens with one attached hydrogen (secondary N) is 1. The number of hydrogen-bond donors (Lipinski definition) is 1. The summed E-state index contributed by atoms with van der Waals surface area (Å²) in [5.74, 6) is 0. The summed E-state index contributed by atoms with van der Waals surface area (Å²) in [4.78, 5) is 28.4. The van der Waals surface area contributed by atoms with Crippen LogP contribution in [0.1, 0.15) is 0 Å². The summed E-state index contributed by atoms with van der Waals surface area (Å²) in [5.41, 5.74) is 1.18. The Kier molecular flexibility index (Phi) is 3.54. The molecule has 0 radical (unpaired) electrons. The van der Waals surface area contributed by atoms with E-state index in [4.69, 9.17) is 0 Å². The van der Waals surface area contributed by atoms with Crippen LogP contribution in [0.5, 0.6) is 0 Å². The largest absolute Gasteiger partial charge is 0.383 e. The van der Waals surface area contributed by atoms with Gasteiger partial charge in [0, 0.05) is 32.9 Å². The smallest absolute Gasteiger partial charge is 0.332 e. The number of anilines is 1. The molecule has 0 aliphatic heterocycles. The lowest BCUT2D eigenvalue weighted by Crippen LogP contribution is -2.37. The Morgan fingerprint density at radius 1 is 1.09 bits per heavy atom. The van der Waals surface area contributed by atoms with Gasteiger partial charge >= 0.3 is 5.69 Å². The molecule has 0 aliphatic carbocycles. The number of aromatic nitrogens is 4. The van der Waals surface area contributed by atoms with Crippen LogP contribution in [0.3, 0.4) is 0 Å². The number of aryl methyl sites for hydroxylation is 1. The molecule has 0 aliphatic rings.